The second-order valence-corrected chi connectivity index (χ2v) is 6.35. The van der Waals surface area contributed by atoms with Crippen molar-refractivity contribution in [3.63, 3.8) is 0 Å². The number of hydrogen-bond donors (Lipinski definition) is 1. The van der Waals surface area contributed by atoms with Gasteiger partial charge in [0.1, 0.15) is 11.5 Å². The lowest BCUT2D eigenvalue weighted by Crippen LogP contribution is -2.56. The van der Waals surface area contributed by atoms with Crippen LogP contribution >= 0.6 is 0 Å². The van der Waals surface area contributed by atoms with Gasteiger partial charge in [0.25, 0.3) is 0 Å². The molecule has 0 bridgehead atoms. The Balaban J connectivity index is 2.86. The molecule has 0 spiro atoms. The highest BCUT2D eigenvalue weighted by atomic mass is 16.6. The first-order valence-corrected chi connectivity index (χ1v) is 7.02. The third kappa shape index (κ3) is 4.46. The molecule has 0 radical (unpaired) electrons. The van der Waals surface area contributed by atoms with Crippen molar-refractivity contribution in [1.29, 1.82) is 0 Å². The van der Waals surface area contributed by atoms with E-state index < -0.39 is 29.2 Å². The van der Waals surface area contributed by atoms with Crippen molar-refractivity contribution in [2.75, 3.05) is 20.2 Å². The maximum Gasteiger partial charge on any atom is 0.410 e. The molecule has 0 aromatic carbocycles. The molecule has 1 rings (SSSR count). The molecule has 6 nitrogen and oxygen atoms in total. The fourth-order valence-corrected chi connectivity index (χ4v) is 2.41. The number of nitrogens with zero attached hydrogens (tertiary/aromatic N) is 1. The lowest BCUT2D eigenvalue weighted by molar-refractivity contribution is -0.161. The van der Waals surface area contributed by atoms with Gasteiger partial charge < -0.3 is 19.5 Å². The van der Waals surface area contributed by atoms with Crippen molar-refractivity contribution >= 4 is 12.1 Å². The molecule has 1 saturated heterocycles. The Labute approximate surface area is 125 Å². The Morgan fingerprint density at radius 1 is 1.48 bits per heavy atom. The molecule has 1 aliphatic rings. The van der Waals surface area contributed by atoms with Crippen LogP contribution in [0.1, 0.15) is 33.6 Å². The fraction of sp³-hybridized carbons (Fsp3) is 0.733. The predicted molar refractivity (Wildman–Crippen MR) is 77.7 cm³/mol. The zero-order valence-corrected chi connectivity index (χ0v) is 13.2. The van der Waals surface area contributed by atoms with E-state index in [0.29, 0.717) is 6.54 Å². The van der Waals surface area contributed by atoms with E-state index in [4.69, 9.17) is 9.47 Å². The number of rotatable bonds is 3. The average Bonchev–Trinajstić information content (AvgIpc) is 2.36. The molecular formula is C15H25NO5. The van der Waals surface area contributed by atoms with E-state index in [1.807, 2.05) is 0 Å². The van der Waals surface area contributed by atoms with Crippen molar-refractivity contribution in [2.45, 2.75) is 44.8 Å². The van der Waals surface area contributed by atoms with Crippen molar-refractivity contribution in [3.8, 4) is 0 Å². The maximum atomic E-state index is 12.1. The molecule has 0 saturated carbocycles. The largest absolute Gasteiger partial charge is 0.469 e. The van der Waals surface area contributed by atoms with Crippen LogP contribution < -0.4 is 0 Å². The van der Waals surface area contributed by atoms with Crippen LogP contribution in [0.25, 0.3) is 0 Å². The van der Waals surface area contributed by atoms with Gasteiger partial charge in [-0.15, -0.1) is 6.58 Å². The molecule has 1 amide bonds. The first-order valence-electron chi connectivity index (χ1n) is 7.02. The molecular weight excluding hydrogens is 274 g/mol. The minimum absolute atomic E-state index is 0.0753. The van der Waals surface area contributed by atoms with Gasteiger partial charge in [-0.05, 0) is 33.6 Å². The molecule has 0 aromatic heterocycles. The van der Waals surface area contributed by atoms with Crippen LogP contribution in [0.3, 0.4) is 0 Å². The molecule has 1 fully saturated rings. The summed E-state index contributed by atoms with van der Waals surface area (Å²) >= 11 is 0. The Morgan fingerprint density at radius 2 is 2.10 bits per heavy atom. The van der Waals surface area contributed by atoms with Gasteiger partial charge in [-0.1, -0.05) is 6.08 Å². The second-order valence-electron chi connectivity index (χ2n) is 6.35. The number of amides is 1. The summed E-state index contributed by atoms with van der Waals surface area (Å²) in [4.78, 5) is 25.4. The monoisotopic (exact) mass is 299 g/mol. The SMILES string of the molecule is C=CCC1(O)CCN(C(=O)OC(C)(C)C)CC1C(=O)OC. The highest BCUT2D eigenvalue weighted by Crippen LogP contribution is 2.33. The number of carbonyl (C=O) groups is 2. The van der Waals surface area contributed by atoms with Crippen molar-refractivity contribution < 1.29 is 24.2 Å². The molecule has 6 heteroatoms. The average molecular weight is 299 g/mol. The number of ether oxygens (including phenoxy) is 2. The van der Waals surface area contributed by atoms with Gasteiger partial charge in [-0.3, -0.25) is 4.79 Å². The second kappa shape index (κ2) is 6.47. The summed E-state index contributed by atoms with van der Waals surface area (Å²) in [6.07, 6.45) is 1.63. The van der Waals surface area contributed by atoms with E-state index >= 15 is 0 Å². The van der Waals surface area contributed by atoms with Gasteiger partial charge in [0.2, 0.25) is 0 Å². The number of carbonyl (C=O) groups excluding carboxylic acids is 2. The van der Waals surface area contributed by atoms with E-state index in [0.717, 1.165) is 0 Å². The quantitative estimate of drug-likeness (QED) is 0.634. The van der Waals surface area contributed by atoms with E-state index in [-0.39, 0.29) is 19.4 Å². The molecule has 21 heavy (non-hydrogen) atoms. The number of methoxy groups -OCH3 is 1. The topological polar surface area (TPSA) is 76.1 Å². The molecule has 1 N–H and O–H groups in total. The smallest absolute Gasteiger partial charge is 0.410 e. The zero-order chi connectivity index (χ0) is 16.3. The lowest BCUT2D eigenvalue weighted by Gasteiger charge is -2.42. The van der Waals surface area contributed by atoms with Crippen molar-refractivity contribution in [1.82, 2.24) is 4.90 Å². The van der Waals surface area contributed by atoms with Crippen molar-refractivity contribution in [3.05, 3.63) is 12.7 Å². The number of hydrogen-bond acceptors (Lipinski definition) is 5. The summed E-state index contributed by atoms with van der Waals surface area (Å²) in [5.74, 6) is -1.34. The predicted octanol–water partition coefficient (Wildman–Crippen LogP) is 1.72. The van der Waals surface area contributed by atoms with Crippen LogP contribution in [0.2, 0.25) is 0 Å². The molecule has 0 aliphatic carbocycles. The highest BCUT2D eigenvalue weighted by Gasteiger charge is 2.47. The standard InChI is InChI=1S/C15H25NO5/c1-6-7-15(19)8-9-16(10-11(15)12(17)20-5)13(18)21-14(2,3)4/h6,11,19H,1,7-10H2,2-5H3. The number of esters is 1. The first-order chi connectivity index (χ1) is 9.63. The van der Waals surface area contributed by atoms with Gasteiger partial charge in [-0.2, -0.15) is 0 Å². The third-order valence-electron chi connectivity index (χ3n) is 3.50. The Morgan fingerprint density at radius 3 is 2.57 bits per heavy atom. The Bertz CT molecular complexity index is 415. The van der Waals surface area contributed by atoms with E-state index in [2.05, 4.69) is 6.58 Å². The minimum Gasteiger partial charge on any atom is -0.469 e. The maximum absolute atomic E-state index is 12.1. The fourth-order valence-electron chi connectivity index (χ4n) is 2.41. The summed E-state index contributed by atoms with van der Waals surface area (Å²) in [6.45, 7) is 9.34. The molecule has 1 aliphatic heterocycles. The summed E-state index contributed by atoms with van der Waals surface area (Å²) in [5.41, 5.74) is -1.83. The molecule has 0 aromatic rings. The van der Waals surface area contributed by atoms with Gasteiger partial charge in [0, 0.05) is 13.1 Å². The molecule has 120 valence electrons. The summed E-state index contributed by atoms with van der Waals surface area (Å²) in [6, 6.07) is 0. The van der Waals surface area contributed by atoms with Crippen LogP contribution in [-0.2, 0) is 14.3 Å². The van der Waals surface area contributed by atoms with Crippen LogP contribution in [0, 0.1) is 5.92 Å². The van der Waals surface area contributed by atoms with Gasteiger partial charge >= 0.3 is 12.1 Å². The third-order valence-corrected chi connectivity index (χ3v) is 3.50. The van der Waals surface area contributed by atoms with Gasteiger partial charge in [-0.25, -0.2) is 4.79 Å². The highest BCUT2D eigenvalue weighted by molar-refractivity contribution is 5.76. The molecule has 1 heterocycles. The van der Waals surface area contributed by atoms with E-state index in [1.165, 1.54) is 12.0 Å². The van der Waals surface area contributed by atoms with Gasteiger partial charge in [0.05, 0.1) is 12.7 Å². The summed E-state index contributed by atoms with van der Waals surface area (Å²) in [7, 11) is 1.27. The van der Waals surface area contributed by atoms with E-state index in [1.54, 1.807) is 26.8 Å². The van der Waals surface area contributed by atoms with Gasteiger partial charge in [0.15, 0.2) is 0 Å². The minimum atomic E-state index is -1.23. The van der Waals surface area contributed by atoms with Crippen LogP contribution in [0.5, 0.6) is 0 Å². The lowest BCUT2D eigenvalue weighted by atomic mass is 9.78. The molecule has 2 unspecified atom stereocenters. The van der Waals surface area contributed by atoms with E-state index in [9.17, 15) is 14.7 Å². The number of aliphatic hydroxyl groups is 1. The number of likely N-dealkylation sites (tertiary alicyclic amines) is 1. The summed E-state index contributed by atoms with van der Waals surface area (Å²) < 4.78 is 10.0. The van der Waals surface area contributed by atoms with Crippen LogP contribution in [0.4, 0.5) is 4.79 Å². The zero-order valence-electron chi connectivity index (χ0n) is 13.2. The van der Waals surface area contributed by atoms with Crippen LogP contribution in [0.15, 0.2) is 12.7 Å². The molecule has 2 atom stereocenters. The summed E-state index contributed by atoms with van der Waals surface area (Å²) in [5, 5.41) is 10.6. The van der Waals surface area contributed by atoms with Crippen molar-refractivity contribution in [2.24, 2.45) is 5.92 Å². The normalized spacial score (nSPS) is 26.1. The van der Waals surface area contributed by atoms with Crippen LogP contribution in [-0.4, -0.2) is 53.5 Å². The first kappa shape index (κ1) is 17.5. The Hall–Kier alpha value is -1.56. The number of piperidine rings is 1. The Kier molecular flexibility index (Phi) is 5.39.